The molecule has 3 nitrogen and oxygen atoms in total. The fraction of sp³-hybridized carbons (Fsp3) is 0.235. The second kappa shape index (κ2) is 5.51. The topological polar surface area (TPSA) is 49.3 Å². The minimum absolute atomic E-state index is 0.221. The van der Waals surface area contributed by atoms with Gasteiger partial charge in [0.1, 0.15) is 0 Å². The van der Waals surface area contributed by atoms with Crippen molar-refractivity contribution in [2.24, 2.45) is 0 Å². The summed E-state index contributed by atoms with van der Waals surface area (Å²) in [7, 11) is 0. The van der Waals surface area contributed by atoms with Gasteiger partial charge in [-0.15, -0.1) is 0 Å². The van der Waals surface area contributed by atoms with Gasteiger partial charge in [0.05, 0.1) is 12.1 Å². The van der Waals surface area contributed by atoms with Crippen LogP contribution in [0.15, 0.2) is 42.5 Å². The second-order valence-electron chi connectivity index (χ2n) is 5.44. The molecule has 2 aromatic carbocycles. The Morgan fingerprint density at radius 1 is 1.29 bits per heavy atom. The first kappa shape index (κ1) is 14.1. The number of rotatable bonds is 2. The number of amides is 1. The van der Waals surface area contributed by atoms with Crippen LogP contribution in [0.1, 0.15) is 33.1 Å². The standard InChI is InChI=1S/C17H16ClNO2/c1-10-6-12(8-13(18)7-10)17(21)19-16-14-5-3-2-4-11(14)9-15(16)20/h2-8,15-16,20H,9H2,1H3,(H,19,21)/t15-,16+/m1/s1. The van der Waals surface area contributed by atoms with Crippen LogP contribution in [0.3, 0.4) is 0 Å². The maximum atomic E-state index is 12.4. The molecule has 1 aliphatic rings. The van der Waals surface area contributed by atoms with Crippen molar-refractivity contribution >= 4 is 17.5 Å². The highest BCUT2D eigenvalue weighted by atomic mass is 35.5. The summed E-state index contributed by atoms with van der Waals surface area (Å²) in [5.74, 6) is -0.221. The summed E-state index contributed by atoms with van der Waals surface area (Å²) < 4.78 is 0. The molecule has 0 aliphatic heterocycles. The molecule has 0 unspecified atom stereocenters. The van der Waals surface area contributed by atoms with Gasteiger partial charge in [-0.1, -0.05) is 35.9 Å². The quantitative estimate of drug-likeness (QED) is 0.896. The van der Waals surface area contributed by atoms with E-state index in [1.165, 1.54) is 0 Å². The highest BCUT2D eigenvalue weighted by Gasteiger charge is 2.32. The molecule has 0 aromatic heterocycles. The average molecular weight is 302 g/mol. The van der Waals surface area contributed by atoms with E-state index in [1.807, 2.05) is 31.2 Å². The molecule has 2 atom stereocenters. The number of fused-ring (bicyclic) bond motifs is 1. The van der Waals surface area contributed by atoms with Gasteiger partial charge in [-0.05, 0) is 41.8 Å². The fourth-order valence-corrected chi connectivity index (χ4v) is 3.13. The van der Waals surface area contributed by atoms with Crippen molar-refractivity contribution in [3.05, 3.63) is 69.7 Å². The van der Waals surface area contributed by atoms with E-state index >= 15 is 0 Å². The van der Waals surface area contributed by atoms with Gasteiger partial charge in [0.25, 0.3) is 5.91 Å². The lowest BCUT2D eigenvalue weighted by atomic mass is 10.1. The van der Waals surface area contributed by atoms with E-state index in [0.717, 1.165) is 16.7 Å². The summed E-state index contributed by atoms with van der Waals surface area (Å²) in [6, 6.07) is 12.6. The predicted octanol–water partition coefficient (Wildman–Crippen LogP) is 3.04. The zero-order valence-corrected chi connectivity index (χ0v) is 12.4. The third kappa shape index (κ3) is 2.80. The Bertz CT molecular complexity index is 679. The Kier molecular flexibility index (Phi) is 3.70. The Labute approximate surface area is 128 Å². The highest BCUT2D eigenvalue weighted by Crippen LogP contribution is 2.31. The largest absolute Gasteiger partial charge is 0.390 e. The molecule has 0 saturated carbocycles. The molecule has 108 valence electrons. The summed E-state index contributed by atoms with van der Waals surface area (Å²) in [5.41, 5.74) is 3.51. The number of aliphatic hydroxyl groups is 1. The zero-order valence-electron chi connectivity index (χ0n) is 11.6. The van der Waals surface area contributed by atoms with Gasteiger partial charge < -0.3 is 10.4 Å². The summed E-state index contributed by atoms with van der Waals surface area (Å²) in [4.78, 5) is 12.4. The Hall–Kier alpha value is -1.84. The molecule has 1 aliphatic carbocycles. The molecule has 0 bridgehead atoms. The van der Waals surface area contributed by atoms with Gasteiger partial charge in [-0.25, -0.2) is 0 Å². The lowest BCUT2D eigenvalue weighted by Crippen LogP contribution is -2.33. The van der Waals surface area contributed by atoms with E-state index < -0.39 is 6.10 Å². The van der Waals surface area contributed by atoms with E-state index in [4.69, 9.17) is 11.6 Å². The number of carbonyl (C=O) groups excluding carboxylic acids is 1. The zero-order chi connectivity index (χ0) is 15.0. The van der Waals surface area contributed by atoms with Crippen LogP contribution in [0.2, 0.25) is 5.02 Å². The molecule has 0 heterocycles. The molecule has 0 radical (unpaired) electrons. The number of hydrogen-bond donors (Lipinski definition) is 2. The molecule has 0 saturated heterocycles. The number of halogens is 1. The van der Waals surface area contributed by atoms with Crippen LogP contribution in [-0.4, -0.2) is 17.1 Å². The maximum Gasteiger partial charge on any atom is 0.251 e. The lowest BCUT2D eigenvalue weighted by Gasteiger charge is -2.18. The highest BCUT2D eigenvalue weighted by molar-refractivity contribution is 6.31. The van der Waals surface area contributed by atoms with E-state index in [2.05, 4.69) is 5.32 Å². The Morgan fingerprint density at radius 3 is 2.81 bits per heavy atom. The van der Waals surface area contributed by atoms with Gasteiger partial charge in [-0.3, -0.25) is 4.79 Å². The minimum Gasteiger partial charge on any atom is -0.390 e. The number of nitrogens with one attached hydrogen (secondary N) is 1. The van der Waals surface area contributed by atoms with Gasteiger partial charge >= 0.3 is 0 Å². The monoisotopic (exact) mass is 301 g/mol. The fourth-order valence-electron chi connectivity index (χ4n) is 2.84. The summed E-state index contributed by atoms with van der Waals surface area (Å²) in [6.07, 6.45) is -0.0259. The third-order valence-electron chi connectivity index (χ3n) is 3.79. The van der Waals surface area contributed by atoms with Crippen LogP contribution >= 0.6 is 11.6 Å². The van der Waals surface area contributed by atoms with Crippen molar-refractivity contribution in [1.29, 1.82) is 0 Å². The first-order chi connectivity index (χ1) is 10.0. The average Bonchev–Trinajstić information content (AvgIpc) is 2.74. The van der Waals surface area contributed by atoms with Gasteiger partial charge in [-0.2, -0.15) is 0 Å². The van der Waals surface area contributed by atoms with Gasteiger partial charge in [0.15, 0.2) is 0 Å². The third-order valence-corrected chi connectivity index (χ3v) is 4.01. The lowest BCUT2D eigenvalue weighted by molar-refractivity contribution is 0.0858. The maximum absolute atomic E-state index is 12.4. The van der Waals surface area contributed by atoms with Crippen molar-refractivity contribution < 1.29 is 9.90 Å². The van der Waals surface area contributed by atoms with Crippen LogP contribution in [0, 0.1) is 6.92 Å². The molecule has 1 amide bonds. The summed E-state index contributed by atoms with van der Waals surface area (Å²) >= 11 is 5.99. The molecule has 21 heavy (non-hydrogen) atoms. The SMILES string of the molecule is Cc1cc(Cl)cc(C(=O)N[C@H]2c3ccccc3C[C@H]2O)c1. The number of aryl methyl sites for hydroxylation is 1. The van der Waals surface area contributed by atoms with Crippen LogP contribution in [-0.2, 0) is 6.42 Å². The number of carbonyl (C=O) groups is 1. The molecule has 0 spiro atoms. The molecule has 4 heteroatoms. The molecule has 2 aromatic rings. The van der Waals surface area contributed by atoms with Crippen molar-refractivity contribution in [1.82, 2.24) is 5.32 Å². The molecule has 3 rings (SSSR count). The molecule has 2 N–H and O–H groups in total. The Balaban J connectivity index is 1.85. The molecular formula is C17H16ClNO2. The number of benzene rings is 2. The molecular weight excluding hydrogens is 286 g/mol. The van der Waals surface area contributed by atoms with Crippen LogP contribution < -0.4 is 5.32 Å². The van der Waals surface area contributed by atoms with Gasteiger partial charge in [0, 0.05) is 17.0 Å². The molecule has 0 fully saturated rings. The van der Waals surface area contributed by atoms with Gasteiger partial charge in [0.2, 0.25) is 0 Å². The smallest absolute Gasteiger partial charge is 0.251 e. The first-order valence-electron chi connectivity index (χ1n) is 6.88. The van der Waals surface area contributed by atoms with Crippen molar-refractivity contribution in [2.75, 3.05) is 0 Å². The predicted molar refractivity (Wildman–Crippen MR) is 82.5 cm³/mol. The first-order valence-corrected chi connectivity index (χ1v) is 7.26. The van der Waals surface area contributed by atoms with Crippen LogP contribution in [0.4, 0.5) is 0 Å². The second-order valence-corrected chi connectivity index (χ2v) is 5.88. The van der Waals surface area contributed by atoms with E-state index in [9.17, 15) is 9.90 Å². The number of hydrogen-bond acceptors (Lipinski definition) is 2. The Morgan fingerprint density at radius 2 is 2.05 bits per heavy atom. The number of aliphatic hydroxyl groups excluding tert-OH is 1. The summed E-state index contributed by atoms with van der Waals surface area (Å²) in [5, 5.41) is 13.6. The van der Waals surface area contributed by atoms with Crippen molar-refractivity contribution in [2.45, 2.75) is 25.5 Å². The van der Waals surface area contributed by atoms with E-state index in [1.54, 1.807) is 18.2 Å². The van der Waals surface area contributed by atoms with Crippen molar-refractivity contribution in [3.8, 4) is 0 Å². The van der Waals surface area contributed by atoms with E-state index in [0.29, 0.717) is 17.0 Å². The summed E-state index contributed by atoms with van der Waals surface area (Å²) in [6.45, 7) is 1.89. The van der Waals surface area contributed by atoms with Crippen LogP contribution in [0.5, 0.6) is 0 Å². The van der Waals surface area contributed by atoms with Crippen LogP contribution in [0.25, 0.3) is 0 Å². The van der Waals surface area contributed by atoms with Crippen molar-refractivity contribution in [3.63, 3.8) is 0 Å². The minimum atomic E-state index is -0.591. The van der Waals surface area contributed by atoms with E-state index in [-0.39, 0.29) is 11.9 Å². The normalized spacial score (nSPS) is 20.1.